The Morgan fingerprint density at radius 1 is 0.545 bits per heavy atom. The van der Waals surface area contributed by atoms with Crippen LogP contribution in [0.25, 0.3) is 0 Å². The van der Waals surface area contributed by atoms with Crippen molar-refractivity contribution in [1.82, 2.24) is 0 Å². The molecular formula is C29H58O11Si4. The molecule has 0 fully saturated rings. The van der Waals surface area contributed by atoms with Gasteiger partial charge in [-0.3, -0.25) is 4.79 Å². The van der Waals surface area contributed by atoms with Gasteiger partial charge in [0.1, 0.15) is 0 Å². The Balaban J connectivity index is 0. The smallest absolute Gasteiger partial charge is 0.337 e. The molecule has 0 saturated carbocycles. The quantitative estimate of drug-likeness (QED) is 0.0279. The van der Waals surface area contributed by atoms with Crippen LogP contribution >= 0.6 is 0 Å². The van der Waals surface area contributed by atoms with E-state index in [1.165, 1.54) is 6.92 Å². The second-order valence-electron chi connectivity index (χ2n) is 11.2. The molecular weight excluding hydrogens is 637 g/mol. The van der Waals surface area contributed by atoms with E-state index in [0.29, 0.717) is 65.3 Å². The number of ether oxygens (including phenoxy) is 3. The molecule has 0 radical (unpaired) electrons. The van der Waals surface area contributed by atoms with Crippen molar-refractivity contribution < 1.29 is 50.1 Å². The minimum absolute atomic E-state index is 0.289. The van der Waals surface area contributed by atoms with Crippen LogP contribution in [0, 0.1) is 0 Å². The summed E-state index contributed by atoms with van der Waals surface area (Å²) in [6.45, 7) is 30.9. The highest BCUT2D eigenvalue weighted by atomic mass is 29.3. The highest BCUT2D eigenvalue weighted by Gasteiger charge is 2.56. The van der Waals surface area contributed by atoms with E-state index in [1.54, 1.807) is 0 Å². The predicted molar refractivity (Wildman–Crippen MR) is 182 cm³/mol. The van der Waals surface area contributed by atoms with Crippen molar-refractivity contribution in [2.24, 2.45) is 0 Å². The van der Waals surface area contributed by atoms with E-state index in [-0.39, 0.29) is 5.97 Å². The van der Waals surface area contributed by atoms with Crippen molar-refractivity contribution in [3.05, 3.63) is 38.5 Å². The molecule has 0 aromatic rings. The van der Waals surface area contributed by atoms with Gasteiger partial charge >= 0.3 is 43.1 Å². The number of hydrogen-bond acceptors (Lipinski definition) is 11. The predicted octanol–water partition coefficient (Wildman–Crippen LogP) is 5.99. The van der Waals surface area contributed by atoms with Crippen LogP contribution in [0.15, 0.2) is 38.5 Å². The Hall–Kier alpha value is -1.70. The van der Waals surface area contributed by atoms with Gasteiger partial charge in [0.05, 0.1) is 19.8 Å². The Bertz CT molecular complexity index is 868. The lowest BCUT2D eigenvalue weighted by Crippen LogP contribution is -2.68. The molecule has 0 aliphatic heterocycles. The van der Waals surface area contributed by atoms with Crippen molar-refractivity contribution in [3.63, 3.8) is 0 Å². The van der Waals surface area contributed by atoms with Crippen LogP contribution in [0.1, 0.15) is 45.4 Å². The van der Waals surface area contributed by atoms with Crippen LogP contribution in [-0.2, 0) is 50.1 Å². The van der Waals surface area contributed by atoms with Crippen LogP contribution in [0.4, 0.5) is 0 Å². The van der Waals surface area contributed by atoms with Crippen molar-refractivity contribution in [3.8, 4) is 0 Å². The molecule has 0 heterocycles. The van der Waals surface area contributed by atoms with Gasteiger partial charge in [-0.2, -0.15) is 0 Å². The molecule has 0 N–H and O–H groups in total. The molecule has 0 aliphatic carbocycles. The summed E-state index contributed by atoms with van der Waals surface area (Å²) in [4.78, 5) is 33.5. The van der Waals surface area contributed by atoms with Crippen LogP contribution in [0.5, 0.6) is 0 Å². The van der Waals surface area contributed by atoms with E-state index in [9.17, 15) is 14.4 Å². The van der Waals surface area contributed by atoms with Gasteiger partial charge in [0, 0.05) is 38.9 Å². The molecule has 11 nitrogen and oxygen atoms in total. The van der Waals surface area contributed by atoms with Crippen LogP contribution in [0.2, 0.25) is 45.8 Å². The lowest BCUT2D eigenvalue weighted by atomic mass is 10.3. The van der Waals surface area contributed by atoms with Crippen LogP contribution in [-0.4, -0.2) is 90.6 Å². The Kier molecular flexibility index (Phi) is 23.8. The van der Waals surface area contributed by atoms with E-state index >= 15 is 0 Å². The van der Waals surface area contributed by atoms with Gasteiger partial charge in [0.2, 0.25) is 7.83 Å². The number of rotatable bonds is 25. The third kappa shape index (κ3) is 21.9. The zero-order valence-electron chi connectivity index (χ0n) is 28.5. The number of esters is 3. The topological polar surface area (TPSA) is 125 Å². The molecule has 44 heavy (non-hydrogen) atoms. The molecule has 0 saturated heterocycles. The van der Waals surface area contributed by atoms with E-state index in [2.05, 4.69) is 39.4 Å². The zero-order valence-corrected chi connectivity index (χ0v) is 32.5. The summed E-state index contributed by atoms with van der Waals surface area (Å²) < 4.78 is 47.7. The Morgan fingerprint density at radius 2 is 0.932 bits per heavy atom. The number of carbonyl (C=O) groups excluding carboxylic acids is 3. The summed E-state index contributed by atoms with van der Waals surface area (Å²) in [5, 5.41) is 0. The highest BCUT2D eigenvalue weighted by Crippen LogP contribution is 2.30. The second kappa shape index (κ2) is 23.6. The number of carbonyl (C=O) groups is 3. The van der Waals surface area contributed by atoms with E-state index in [4.69, 9.17) is 35.7 Å². The van der Waals surface area contributed by atoms with Gasteiger partial charge in [-0.1, -0.05) is 13.2 Å². The third-order valence-corrected chi connectivity index (χ3v) is 26.6. The van der Waals surface area contributed by atoms with Gasteiger partial charge in [-0.05, 0) is 84.4 Å². The first-order valence-corrected chi connectivity index (χ1v) is 26.9. The van der Waals surface area contributed by atoms with Crippen LogP contribution < -0.4 is 0 Å². The maximum atomic E-state index is 11.3. The summed E-state index contributed by atoms with van der Waals surface area (Å²) >= 11 is 0. The fraction of sp³-hybridized carbons (Fsp3) is 0.690. The molecule has 1 unspecified atom stereocenters. The first kappa shape index (κ1) is 44.4. The molecule has 256 valence electrons. The maximum Gasteiger partial charge on any atom is 0.337 e. The first-order chi connectivity index (χ1) is 20.5. The maximum absolute atomic E-state index is 11.3. The normalized spacial score (nSPS) is 13.1. The van der Waals surface area contributed by atoms with Gasteiger partial charge in [-0.15, -0.1) is 13.2 Å². The molecule has 0 bridgehead atoms. The Morgan fingerprint density at radius 3 is 1.36 bits per heavy atom. The second-order valence-corrected chi connectivity index (χ2v) is 30.6. The largest absolute Gasteiger partial charge is 0.466 e. The lowest BCUT2D eigenvalue weighted by molar-refractivity contribution is -0.141. The SMILES string of the molecule is C=C.C=CC(=O)OCCCCO[Si](C)(C)O[Si](C)(C)O[Si](C)(OCCCCOC(=O)C=C)[Si](C)(C)OCCCCOC(C)=O. The lowest BCUT2D eigenvalue weighted by Gasteiger charge is -2.44. The average molecular weight is 695 g/mol. The fourth-order valence-electron chi connectivity index (χ4n) is 3.77. The summed E-state index contributed by atoms with van der Waals surface area (Å²) in [5.74, 6) is -1.16. The van der Waals surface area contributed by atoms with E-state index in [1.807, 2.05) is 32.7 Å². The van der Waals surface area contributed by atoms with Gasteiger partial charge in [0.15, 0.2) is 0 Å². The molecule has 0 aromatic carbocycles. The van der Waals surface area contributed by atoms with Crippen molar-refractivity contribution >= 4 is 50.9 Å². The molecule has 0 aliphatic rings. The summed E-state index contributed by atoms with van der Waals surface area (Å²) in [6.07, 6.45) is 6.52. The van der Waals surface area contributed by atoms with Crippen molar-refractivity contribution in [1.29, 1.82) is 0 Å². The van der Waals surface area contributed by atoms with Gasteiger partial charge < -0.3 is 35.7 Å². The molecule has 0 spiro atoms. The summed E-state index contributed by atoms with van der Waals surface area (Å²) in [7, 11) is -10.7. The molecule has 0 rings (SSSR count). The first-order valence-electron chi connectivity index (χ1n) is 15.0. The number of hydrogen-bond donors (Lipinski definition) is 0. The highest BCUT2D eigenvalue weighted by molar-refractivity contribution is 7.34. The summed E-state index contributed by atoms with van der Waals surface area (Å²) in [6, 6.07) is 0. The molecule has 15 heteroatoms. The van der Waals surface area contributed by atoms with Gasteiger partial charge in [-0.25, -0.2) is 9.59 Å². The zero-order chi connectivity index (χ0) is 34.3. The Labute approximate surface area is 269 Å². The van der Waals surface area contributed by atoms with E-state index in [0.717, 1.165) is 25.0 Å². The molecule has 0 amide bonds. The fourth-order valence-corrected chi connectivity index (χ4v) is 23.6. The van der Waals surface area contributed by atoms with Gasteiger partial charge in [0.25, 0.3) is 0 Å². The minimum Gasteiger partial charge on any atom is -0.466 e. The molecule has 0 aromatic heterocycles. The van der Waals surface area contributed by atoms with Crippen molar-refractivity contribution in [2.45, 2.75) is 91.3 Å². The monoisotopic (exact) mass is 694 g/mol. The molecule has 1 atom stereocenters. The van der Waals surface area contributed by atoms with E-state index < -0.39 is 45.0 Å². The summed E-state index contributed by atoms with van der Waals surface area (Å²) in [5.41, 5.74) is 0. The standard InChI is InChI=1S/C27H54O11Si4.C2H4/c1-11-26(29)32-20-14-16-22-34-39(4,5)37-40(6,7)38-42(10,36-24-18-15-21-33-27(30)12-2)41(8,9)35-23-17-13-19-31-25(3)28;1-2/h11-12H,1-2,13-24H2,3-10H3;1-2H2. The van der Waals surface area contributed by atoms with Crippen LogP contribution in [0.3, 0.4) is 0 Å². The van der Waals surface area contributed by atoms with Crippen molar-refractivity contribution in [2.75, 3.05) is 39.6 Å². The third-order valence-electron chi connectivity index (χ3n) is 6.06. The number of unbranched alkanes of at least 4 members (excludes halogenated alkanes) is 3. The minimum atomic E-state index is -2.90. The average Bonchev–Trinajstić information content (AvgIpc) is 2.93.